The summed E-state index contributed by atoms with van der Waals surface area (Å²) in [5.74, 6) is -0.931. The Kier molecular flexibility index (Phi) is 1.47. The molecule has 5 heteroatoms. The normalized spacial score (nSPS) is 28.9. The van der Waals surface area contributed by atoms with Crippen LogP contribution in [0.15, 0.2) is 0 Å². The first kappa shape index (κ1) is 7.99. The average molecular weight is 194 g/mol. The van der Waals surface area contributed by atoms with Crippen LogP contribution in [0.25, 0.3) is 0 Å². The molecule has 2 N–H and O–H groups in total. The van der Waals surface area contributed by atoms with E-state index in [1.807, 2.05) is 0 Å². The highest BCUT2D eigenvalue weighted by Gasteiger charge is 2.38. The van der Waals surface area contributed by atoms with Crippen molar-refractivity contribution < 1.29 is 14.6 Å². The van der Waals surface area contributed by atoms with E-state index in [2.05, 4.69) is 10.2 Å². The van der Waals surface area contributed by atoms with Gasteiger partial charge >= 0.3 is 5.97 Å². The van der Waals surface area contributed by atoms with Crippen LogP contribution in [-0.2, 0) is 11.2 Å². The number of carboxylic acid groups (broad SMARTS) is 1. The molecule has 0 aromatic carbocycles. The van der Waals surface area contributed by atoms with Crippen LogP contribution >= 0.6 is 0 Å². The van der Waals surface area contributed by atoms with Crippen molar-refractivity contribution in [3.8, 4) is 0 Å². The van der Waals surface area contributed by atoms with Crippen molar-refractivity contribution in [1.82, 2.24) is 10.2 Å². The first-order valence-corrected chi connectivity index (χ1v) is 4.71. The molecule has 1 saturated heterocycles. The number of H-pyrrole nitrogens is 1. The molecule has 14 heavy (non-hydrogen) atoms. The fourth-order valence-electron chi connectivity index (χ4n) is 2.31. The Morgan fingerprint density at radius 3 is 3.21 bits per heavy atom. The molecular formula is C9H10N2O3. The van der Waals surface area contributed by atoms with Gasteiger partial charge in [0.1, 0.15) is 11.8 Å². The second-order valence-corrected chi connectivity index (χ2v) is 3.80. The molecule has 1 fully saturated rings. The summed E-state index contributed by atoms with van der Waals surface area (Å²) in [6.45, 7) is 0. The van der Waals surface area contributed by atoms with Gasteiger partial charge in [-0.15, -0.1) is 0 Å². The van der Waals surface area contributed by atoms with Gasteiger partial charge in [-0.25, -0.2) is 4.79 Å². The number of aromatic carboxylic acids is 1. The highest BCUT2D eigenvalue weighted by Crippen LogP contribution is 2.40. The van der Waals surface area contributed by atoms with E-state index in [-0.39, 0.29) is 17.9 Å². The second-order valence-electron chi connectivity index (χ2n) is 3.80. The monoisotopic (exact) mass is 194 g/mol. The van der Waals surface area contributed by atoms with E-state index < -0.39 is 5.97 Å². The molecule has 0 spiro atoms. The Balaban J connectivity index is 2.11. The lowest BCUT2D eigenvalue weighted by molar-refractivity contribution is 0.0298. The lowest BCUT2D eigenvalue weighted by Crippen LogP contribution is -2.18. The van der Waals surface area contributed by atoms with Crippen LogP contribution in [0.5, 0.6) is 0 Å². The van der Waals surface area contributed by atoms with Crippen LogP contribution < -0.4 is 0 Å². The summed E-state index contributed by atoms with van der Waals surface area (Å²) in [5.41, 5.74) is 1.88. The predicted octanol–water partition coefficient (Wildman–Crippen LogP) is 0.884. The quantitative estimate of drug-likeness (QED) is 0.696. The maximum absolute atomic E-state index is 10.9. The van der Waals surface area contributed by atoms with Crippen LogP contribution in [0.1, 0.15) is 40.7 Å². The van der Waals surface area contributed by atoms with E-state index >= 15 is 0 Å². The lowest BCUT2D eigenvalue weighted by atomic mass is 10.0. The smallest absolute Gasteiger partial charge is 0.354 e. The van der Waals surface area contributed by atoms with Gasteiger partial charge in [0.2, 0.25) is 0 Å². The summed E-state index contributed by atoms with van der Waals surface area (Å²) in [4.78, 5) is 10.9. The Labute approximate surface area is 80.1 Å². The summed E-state index contributed by atoms with van der Waals surface area (Å²) in [6, 6.07) is 0. The van der Waals surface area contributed by atoms with Crippen molar-refractivity contribution in [3.05, 3.63) is 17.0 Å². The zero-order chi connectivity index (χ0) is 9.71. The zero-order valence-electron chi connectivity index (χ0n) is 7.49. The molecule has 2 unspecified atom stereocenters. The van der Waals surface area contributed by atoms with Crippen molar-refractivity contribution in [2.45, 2.75) is 31.5 Å². The third kappa shape index (κ3) is 0.928. The molecule has 0 radical (unpaired) electrons. The molecule has 2 bridgehead atoms. The van der Waals surface area contributed by atoms with Crippen molar-refractivity contribution in [2.75, 3.05) is 0 Å². The summed E-state index contributed by atoms with van der Waals surface area (Å²) in [5, 5.41) is 15.5. The lowest BCUT2D eigenvalue weighted by Gasteiger charge is -2.19. The Bertz CT molecular complexity index is 399. The van der Waals surface area contributed by atoms with Gasteiger partial charge < -0.3 is 9.84 Å². The molecule has 1 aromatic rings. The number of aromatic amines is 1. The number of carbonyl (C=O) groups is 1. The van der Waals surface area contributed by atoms with E-state index in [1.54, 1.807) is 0 Å². The van der Waals surface area contributed by atoms with E-state index in [1.165, 1.54) is 0 Å². The minimum absolute atomic E-state index is 0.0214. The van der Waals surface area contributed by atoms with Crippen LogP contribution in [0.4, 0.5) is 0 Å². The molecule has 0 amide bonds. The van der Waals surface area contributed by atoms with E-state index in [0.717, 1.165) is 24.1 Å². The van der Waals surface area contributed by atoms with Crippen molar-refractivity contribution in [2.24, 2.45) is 0 Å². The van der Waals surface area contributed by atoms with Gasteiger partial charge in [0, 0.05) is 12.0 Å². The van der Waals surface area contributed by atoms with Gasteiger partial charge in [-0.2, -0.15) is 5.10 Å². The Hall–Kier alpha value is -1.36. The molecule has 0 saturated carbocycles. The standard InChI is InChI=1S/C9H10N2O3/c12-9(13)8-5-3-4-1-2-6(14-4)7(5)10-11-8/h4,6H,1-3H2,(H,10,11)(H,12,13). The summed E-state index contributed by atoms with van der Waals surface area (Å²) in [6.07, 6.45) is 2.88. The number of carboxylic acids is 1. The Morgan fingerprint density at radius 1 is 1.57 bits per heavy atom. The number of nitrogens with one attached hydrogen (secondary N) is 1. The van der Waals surface area contributed by atoms with Gasteiger partial charge in [-0.3, -0.25) is 5.10 Å². The van der Waals surface area contributed by atoms with E-state index in [9.17, 15) is 4.79 Å². The van der Waals surface area contributed by atoms with Gasteiger partial charge in [-0.1, -0.05) is 0 Å². The molecule has 0 aliphatic carbocycles. The number of aromatic nitrogens is 2. The highest BCUT2D eigenvalue weighted by atomic mass is 16.5. The Morgan fingerprint density at radius 2 is 2.43 bits per heavy atom. The first-order chi connectivity index (χ1) is 6.75. The van der Waals surface area contributed by atoms with Gasteiger partial charge in [0.25, 0.3) is 0 Å². The van der Waals surface area contributed by atoms with Crippen LogP contribution in [0.3, 0.4) is 0 Å². The van der Waals surface area contributed by atoms with Crippen LogP contribution in [0.2, 0.25) is 0 Å². The average Bonchev–Trinajstić information content (AvgIpc) is 2.71. The molecule has 2 aliphatic heterocycles. The number of rotatable bonds is 1. The number of fused-ring (bicyclic) bond motifs is 4. The zero-order valence-corrected chi connectivity index (χ0v) is 7.49. The van der Waals surface area contributed by atoms with E-state index in [4.69, 9.17) is 9.84 Å². The molecular weight excluding hydrogens is 184 g/mol. The SMILES string of the molecule is O=C(O)c1[nH]nc2c1CC1CCC2O1. The van der Waals surface area contributed by atoms with Crippen LogP contribution in [0, 0.1) is 0 Å². The third-order valence-electron chi connectivity index (χ3n) is 2.96. The molecule has 74 valence electrons. The molecule has 2 aliphatic rings. The summed E-state index contributed by atoms with van der Waals surface area (Å²) in [7, 11) is 0. The molecule has 3 heterocycles. The fraction of sp³-hybridized carbons (Fsp3) is 0.556. The van der Waals surface area contributed by atoms with Gasteiger partial charge in [0.15, 0.2) is 0 Å². The van der Waals surface area contributed by atoms with E-state index in [0.29, 0.717) is 6.42 Å². The third-order valence-corrected chi connectivity index (χ3v) is 2.96. The van der Waals surface area contributed by atoms with Gasteiger partial charge in [0.05, 0.1) is 11.8 Å². The minimum atomic E-state index is -0.931. The maximum Gasteiger partial charge on any atom is 0.354 e. The number of nitrogens with zero attached hydrogens (tertiary/aromatic N) is 1. The maximum atomic E-state index is 10.9. The fourth-order valence-corrected chi connectivity index (χ4v) is 2.31. The van der Waals surface area contributed by atoms with Crippen molar-refractivity contribution in [3.63, 3.8) is 0 Å². The first-order valence-electron chi connectivity index (χ1n) is 4.71. The molecule has 1 aromatic heterocycles. The largest absolute Gasteiger partial charge is 0.477 e. The second kappa shape index (κ2) is 2.57. The van der Waals surface area contributed by atoms with Crippen molar-refractivity contribution in [1.29, 1.82) is 0 Å². The summed E-state index contributed by atoms with van der Waals surface area (Å²) < 4.78 is 5.64. The highest BCUT2D eigenvalue weighted by molar-refractivity contribution is 5.87. The topological polar surface area (TPSA) is 75.2 Å². The number of hydrogen-bond acceptors (Lipinski definition) is 3. The minimum Gasteiger partial charge on any atom is -0.477 e. The van der Waals surface area contributed by atoms with Crippen molar-refractivity contribution >= 4 is 5.97 Å². The molecule has 5 nitrogen and oxygen atoms in total. The number of ether oxygens (including phenoxy) is 1. The predicted molar refractivity (Wildman–Crippen MR) is 46.1 cm³/mol. The summed E-state index contributed by atoms with van der Waals surface area (Å²) >= 11 is 0. The molecule has 2 atom stereocenters. The van der Waals surface area contributed by atoms with Crippen LogP contribution in [-0.4, -0.2) is 27.4 Å². The molecule has 3 rings (SSSR count). The number of hydrogen-bond donors (Lipinski definition) is 2. The van der Waals surface area contributed by atoms with Gasteiger partial charge in [-0.05, 0) is 12.8 Å².